The summed E-state index contributed by atoms with van der Waals surface area (Å²) in [4.78, 5) is 0. The molecule has 0 bridgehead atoms. The first kappa shape index (κ1) is 13.1. The van der Waals surface area contributed by atoms with Gasteiger partial charge in [-0.25, -0.2) is 0 Å². The highest BCUT2D eigenvalue weighted by atomic mass is 79.9. The molecule has 0 atom stereocenters. The van der Waals surface area contributed by atoms with Crippen molar-refractivity contribution in [2.75, 3.05) is 13.1 Å². The maximum Gasteiger partial charge on any atom is 0.0738 e. The van der Waals surface area contributed by atoms with Crippen molar-refractivity contribution in [1.29, 1.82) is 0 Å². The smallest absolute Gasteiger partial charge is 0.0738 e. The number of nitrogens with one attached hydrogen (secondary N) is 1. The quantitative estimate of drug-likeness (QED) is 0.906. The van der Waals surface area contributed by atoms with E-state index in [9.17, 15) is 0 Å². The Bertz CT molecular complexity index is 394. The van der Waals surface area contributed by atoms with Crippen molar-refractivity contribution >= 4 is 15.9 Å². The summed E-state index contributed by atoms with van der Waals surface area (Å²) in [5.74, 6) is 0. The number of nitrogens with zero attached hydrogens (tertiary/aromatic N) is 2. The van der Waals surface area contributed by atoms with Gasteiger partial charge in [-0.2, -0.15) is 5.10 Å². The van der Waals surface area contributed by atoms with Gasteiger partial charge in [0, 0.05) is 13.6 Å². The van der Waals surface area contributed by atoms with Crippen LogP contribution < -0.4 is 5.32 Å². The van der Waals surface area contributed by atoms with E-state index in [1.807, 2.05) is 11.7 Å². The van der Waals surface area contributed by atoms with E-state index in [0.29, 0.717) is 5.41 Å². The van der Waals surface area contributed by atoms with Gasteiger partial charge in [-0.05, 0) is 54.1 Å². The normalized spacial score (nSPS) is 18.1. The van der Waals surface area contributed by atoms with Gasteiger partial charge in [-0.15, -0.1) is 0 Å². The minimum atomic E-state index is 0.471. The third-order valence-electron chi connectivity index (χ3n) is 3.97. The van der Waals surface area contributed by atoms with Crippen LogP contribution in [0.15, 0.2) is 4.47 Å². The molecule has 17 heavy (non-hydrogen) atoms. The number of hydrogen-bond donors (Lipinski definition) is 1. The first-order valence-corrected chi connectivity index (χ1v) is 7.26. The minimum absolute atomic E-state index is 0.471. The average molecular weight is 300 g/mol. The molecule has 2 rings (SSSR count). The number of hydrogen-bond acceptors (Lipinski definition) is 2. The van der Waals surface area contributed by atoms with Crippen LogP contribution in [0.4, 0.5) is 0 Å². The Morgan fingerprint density at radius 3 is 2.59 bits per heavy atom. The molecule has 1 aromatic heterocycles. The molecule has 4 heteroatoms. The van der Waals surface area contributed by atoms with Gasteiger partial charge in [0.1, 0.15) is 0 Å². The van der Waals surface area contributed by atoms with E-state index in [-0.39, 0.29) is 0 Å². The van der Waals surface area contributed by atoms with Crippen LogP contribution in [-0.2, 0) is 13.5 Å². The summed E-state index contributed by atoms with van der Waals surface area (Å²) < 4.78 is 3.23. The lowest BCUT2D eigenvalue weighted by Gasteiger charge is -2.42. The lowest BCUT2D eigenvalue weighted by molar-refractivity contribution is 0.128. The number of aromatic nitrogens is 2. The Morgan fingerprint density at radius 1 is 1.47 bits per heavy atom. The molecule has 1 aromatic rings. The highest BCUT2D eigenvalue weighted by molar-refractivity contribution is 9.10. The van der Waals surface area contributed by atoms with E-state index in [1.54, 1.807) is 0 Å². The average Bonchev–Trinajstić information content (AvgIpc) is 2.48. The minimum Gasteiger partial charge on any atom is -0.316 e. The van der Waals surface area contributed by atoms with Crippen LogP contribution in [0.1, 0.15) is 37.6 Å². The Balaban J connectivity index is 2.12. The van der Waals surface area contributed by atoms with Gasteiger partial charge in [0.25, 0.3) is 0 Å². The van der Waals surface area contributed by atoms with Crippen LogP contribution in [0.25, 0.3) is 0 Å². The van der Waals surface area contributed by atoms with Crippen molar-refractivity contribution in [1.82, 2.24) is 15.1 Å². The van der Waals surface area contributed by atoms with Gasteiger partial charge in [0.05, 0.1) is 15.9 Å². The molecule has 1 aliphatic carbocycles. The van der Waals surface area contributed by atoms with E-state index in [1.165, 1.54) is 29.4 Å². The summed E-state index contributed by atoms with van der Waals surface area (Å²) in [5, 5.41) is 7.99. The van der Waals surface area contributed by atoms with Crippen molar-refractivity contribution in [3.05, 3.63) is 15.9 Å². The van der Waals surface area contributed by atoms with E-state index < -0.39 is 0 Å². The molecule has 1 saturated carbocycles. The molecule has 0 aliphatic heterocycles. The summed E-state index contributed by atoms with van der Waals surface area (Å²) in [6.07, 6.45) is 5.20. The van der Waals surface area contributed by atoms with E-state index in [4.69, 9.17) is 0 Å². The fraction of sp³-hybridized carbons (Fsp3) is 0.769. The monoisotopic (exact) mass is 299 g/mol. The number of aryl methyl sites for hydroxylation is 2. The SMILES string of the molecule is CCNCC1(Cc2c(Br)c(C)nn2C)CCC1. The first-order valence-electron chi connectivity index (χ1n) is 6.47. The zero-order chi connectivity index (χ0) is 12.5. The zero-order valence-electron chi connectivity index (χ0n) is 11.0. The third-order valence-corrected chi connectivity index (χ3v) is 5.00. The standard InChI is InChI=1S/C13H22BrN3/c1-4-15-9-13(6-5-7-13)8-11-12(14)10(2)16-17(11)3/h15H,4-9H2,1-3H3. The van der Waals surface area contributed by atoms with E-state index in [0.717, 1.165) is 25.2 Å². The summed E-state index contributed by atoms with van der Waals surface area (Å²) in [6, 6.07) is 0. The van der Waals surface area contributed by atoms with Gasteiger partial charge in [-0.3, -0.25) is 4.68 Å². The van der Waals surface area contributed by atoms with Crippen LogP contribution in [0, 0.1) is 12.3 Å². The first-order chi connectivity index (χ1) is 8.08. The topological polar surface area (TPSA) is 29.9 Å². The van der Waals surface area contributed by atoms with Crippen LogP contribution in [0.2, 0.25) is 0 Å². The van der Waals surface area contributed by atoms with Crippen LogP contribution in [0.5, 0.6) is 0 Å². The van der Waals surface area contributed by atoms with Crippen LogP contribution in [-0.4, -0.2) is 22.9 Å². The van der Waals surface area contributed by atoms with Gasteiger partial charge in [0.15, 0.2) is 0 Å². The second-order valence-electron chi connectivity index (χ2n) is 5.28. The fourth-order valence-electron chi connectivity index (χ4n) is 2.71. The molecule has 1 N–H and O–H groups in total. The summed E-state index contributed by atoms with van der Waals surface area (Å²) >= 11 is 3.67. The van der Waals surface area contributed by atoms with Crippen LogP contribution in [0.3, 0.4) is 0 Å². The third kappa shape index (κ3) is 2.58. The summed E-state index contributed by atoms with van der Waals surface area (Å²) in [6.45, 7) is 6.44. The molecule has 0 aromatic carbocycles. The predicted octanol–water partition coefficient (Wildman–Crippen LogP) is 2.81. The second kappa shape index (κ2) is 5.11. The van der Waals surface area contributed by atoms with E-state index in [2.05, 4.69) is 40.2 Å². The molecule has 0 saturated heterocycles. The van der Waals surface area contributed by atoms with Gasteiger partial charge in [-0.1, -0.05) is 13.3 Å². The second-order valence-corrected chi connectivity index (χ2v) is 6.07. The maximum absolute atomic E-state index is 4.48. The predicted molar refractivity (Wildman–Crippen MR) is 74.2 cm³/mol. The van der Waals surface area contributed by atoms with Gasteiger partial charge in [0.2, 0.25) is 0 Å². The van der Waals surface area contributed by atoms with Gasteiger partial charge < -0.3 is 5.32 Å². The summed E-state index contributed by atoms with van der Waals surface area (Å²) in [5.41, 5.74) is 2.92. The van der Waals surface area contributed by atoms with Crippen molar-refractivity contribution in [3.8, 4) is 0 Å². The Hall–Kier alpha value is -0.350. The maximum atomic E-state index is 4.48. The lowest BCUT2D eigenvalue weighted by atomic mass is 9.66. The van der Waals surface area contributed by atoms with Crippen molar-refractivity contribution in [2.45, 2.75) is 39.5 Å². The molecule has 1 aliphatic rings. The molecule has 0 radical (unpaired) electrons. The molecule has 3 nitrogen and oxygen atoms in total. The molecule has 0 amide bonds. The van der Waals surface area contributed by atoms with Crippen molar-refractivity contribution in [3.63, 3.8) is 0 Å². The number of halogens is 1. The van der Waals surface area contributed by atoms with Crippen molar-refractivity contribution < 1.29 is 0 Å². The van der Waals surface area contributed by atoms with Gasteiger partial charge >= 0.3 is 0 Å². The van der Waals surface area contributed by atoms with Crippen LogP contribution >= 0.6 is 15.9 Å². The molecule has 96 valence electrons. The highest BCUT2D eigenvalue weighted by Gasteiger charge is 2.38. The van der Waals surface area contributed by atoms with Crippen molar-refractivity contribution in [2.24, 2.45) is 12.5 Å². The molecular weight excluding hydrogens is 278 g/mol. The van der Waals surface area contributed by atoms with E-state index >= 15 is 0 Å². The molecule has 0 spiro atoms. The lowest BCUT2D eigenvalue weighted by Crippen LogP contribution is -2.42. The Kier molecular flexibility index (Phi) is 3.93. The molecule has 1 heterocycles. The molecule has 1 fully saturated rings. The fourth-order valence-corrected chi connectivity index (χ4v) is 3.19. The molecular formula is C13H22BrN3. The molecule has 0 unspecified atom stereocenters. The Morgan fingerprint density at radius 2 is 2.18 bits per heavy atom. The Labute approximate surface area is 112 Å². The summed E-state index contributed by atoms with van der Waals surface area (Å²) in [7, 11) is 2.05. The number of rotatable bonds is 5. The largest absolute Gasteiger partial charge is 0.316 e. The highest BCUT2D eigenvalue weighted by Crippen LogP contribution is 2.44. The zero-order valence-corrected chi connectivity index (χ0v) is 12.6.